The molecule has 0 saturated heterocycles. The van der Waals surface area contributed by atoms with E-state index in [-0.39, 0.29) is 23.7 Å². The van der Waals surface area contributed by atoms with Crippen LogP contribution in [0.2, 0.25) is 0 Å². The molecule has 0 unspecified atom stereocenters. The largest absolute Gasteiger partial charge is 0.392 e. The topological polar surface area (TPSA) is 81.3 Å². The van der Waals surface area contributed by atoms with Gasteiger partial charge in [0, 0.05) is 11.8 Å². The molecule has 6 rings (SSSR count). The number of allylic oxidation sites excluding steroid dienone is 4. The van der Waals surface area contributed by atoms with Crippen molar-refractivity contribution < 1.29 is 15.0 Å². The van der Waals surface area contributed by atoms with Crippen LogP contribution < -0.4 is 0 Å². The molecule has 0 spiro atoms. The molecule has 4 heteroatoms. The molecule has 4 nitrogen and oxygen atoms in total. The van der Waals surface area contributed by atoms with Gasteiger partial charge < -0.3 is 10.2 Å². The molecule has 0 amide bonds. The van der Waals surface area contributed by atoms with Crippen LogP contribution in [0.1, 0.15) is 56.1 Å². The highest BCUT2D eigenvalue weighted by Crippen LogP contribution is 2.67. The summed E-state index contributed by atoms with van der Waals surface area (Å²) in [6.07, 6.45) is 14.0. The summed E-state index contributed by atoms with van der Waals surface area (Å²) >= 11 is 0. The van der Waals surface area contributed by atoms with Gasteiger partial charge in [-0.2, -0.15) is 5.26 Å². The zero-order valence-corrected chi connectivity index (χ0v) is 21.9. The van der Waals surface area contributed by atoms with Crippen LogP contribution in [-0.4, -0.2) is 28.2 Å². The number of rotatable bonds is 4. The fourth-order valence-corrected chi connectivity index (χ4v) is 8.35. The van der Waals surface area contributed by atoms with Crippen LogP contribution in [-0.2, 0) is 4.79 Å². The highest BCUT2D eigenvalue weighted by atomic mass is 16.3. The van der Waals surface area contributed by atoms with E-state index in [1.165, 1.54) is 11.1 Å². The van der Waals surface area contributed by atoms with Gasteiger partial charge in [-0.3, -0.25) is 4.79 Å². The first-order chi connectivity index (χ1) is 18.4. The van der Waals surface area contributed by atoms with Crippen molar-refractivity contribution in [2.45, 2.75) is 50.5 Å². The standard InChI is InChI=1S/C34H35NO3/c1-33-20-30(25-9-7-24(8-10-25)23-5-3-22(21-35)4-6-23)32-28-14-12-27(37)19-26(28)11-13-29(32)31(33)15-17-34(33,38)16-2-18-36/h2-11,13,16,19,28-32,36,38H,12,14-15,17-18,20H2,1H3/b16-2-/t28-,29-,30+,31-,32+,33-,34-/m0/s1. The van der Waals surface area contributed by atoms with Crippen LogP contribution in [0, 0.1) is 40.4 Å². The van der Waals surface area contributed by atoms with Crippen molar-refractivity contribution in [3.05, 3.63) is 95.6 Å². The minimum Gasteiger partial charge on any atom is -0.392 e. The van der Waals surface area contributed by atoms with Gasteiger partial charge in [-0.1, -0.05) is 67.6 Å². The summed E-state index contributed by atoms with van der Waals surface area (Å²) in [5.41, 5.74) is 4.05. The van der Waals surface area contributed by atoms with Gasteiger partial charge in [0.25, 0.3) is 0 Å². The SMILES string of the molecule is C[C@]12C[C@H](c3ccc(-c4ccc(C#N)cc4)cc3)[C@H]3[C@@H](C=CC4=CC(=O)CC[C@@H]43)[C@@H]1CC[C@@]2(O)/C=C\CO. The molecule has 4 aliphatic rings. The number of ketones is 1. The second-order valence-corrected chi connectivity index (χ2v) is 12.0. The lowest BCUT2D eigenvalue weighted by atomic mass is 9.48. The predicted molar refractivity (Wildman–Crippen MR) is 148 cm³/mol. The van der Waals surface area contributed by atoms with Crippen LogP contribution in [0.15, 0.2) is 84.5 Å². The van der Waals surface area contributed by atoms with Crippen molar-refractivity contribution >= 4 is 5.78 Å². The Kier molecular flexibility index (Phi) is 6.25. The third kappa shape index (κ3) is 3.92. The molecule has 0 aromatic heterocycles. The second kappa shape index (κ2) is 9.49. The molecule has 0 aliphatic heterocycles. The Bertz CT molecular complexity index is 1360. The Balaban J connectivity index is 1.41. The lowest BCUT2D eigenvalue weighted by Gasteiger charge is -2.57. The summed E-state index contributed by atoms with van der Waals surface area (Å²) < 4.78 is 0. The van der Waals surface area contributed by atoms with Gasteiger partial charge in [0.05, 0.1) is 23.8 Å². The van der Waals surface area contributed by atoms with E-state index >= 15 is 0 Å². The molecule has 38 heavy (non-hydrogen) atoms. The molecule has 7 atom stereocenters. The molecule has 2 fully saturated rings. The number of fused-ring (bicyclic) bond motifs is 5. The van der Waals surface area contributed by atoms with Crippen LogP contribution in [0.25, 0.3) is 11.1 Å². The van der Waals surface area contributed by atoms with Gasteiger partial charge in [0.15, 0.2) is 5.78 Å². The van der Waals surface area contributed by atoms with Crippen molar-refractivity contribution in [3.8, 4) is 17.2 Å². The number of aliphatic hydroxyl groups excluding tert-OH is 1. The lowest BCUT2D eigenvalue weighted by Crippen LogP contribution is -2.53. The summed E-state index contributed by atoms with van der Waals surface area (Å²) in [5.74, 6) is 1.91. The van der Waals surface area contributed by atoms with Crippen molar-refractivity contribution in [2.24, 2.45) is 29.1 Å². The predicted octanol–water partition coefficient (Wildman–Crippen LogP) is 6.12. The summed E-state index contributed by atoms with van der Waals surface area (Å²) in [4.78, 5) is 12.3. The quantitative estimate of drug-likeness (QED) is 0.491. The Morgan fingerprint density at radius 2 is 1.76 bits per heavy atom. The van der Waals surface area contributed by atoms with Crippen LogP contribution in [0.5, 0.6) is 0 Å². The molecule has 0 heterocycles. The molecule has 2 aromatic carbocycles. The molecule has 0 bridgehead atoms. The maximum atomic E-state index is 12.3. The summed E-state index contributed by atoms with van der Waals surface area (Å²) in [6, 6.07) is 18.7. The molecule has 2 saturated carbocycles. The maximum absolute atomic E-state index is 12.3. The van der Waals surface area contributed by atoms with Gasteiger partial charge in [-0.05, 0) is 95.7 Å². The first-order valence-electron chi connectivity index (χ1n) is 13.9. The van der Waals surface area contributed by atoms with Crippen molar-refractivity contribution in [1.29, 1.82) is 5.26 Å². The van der Waals surface area contributed by atoms with E-state index in [4.69, 9.17) is 5.26 Å². The molecular weight excluding hydrogens is 470 g/mol. The van der Waals surface area contributed by atoms with E-state index in [0.29, 0.717) is 42.1 Å². The molecule has 194 valence electrons. The van der Waals surface area contributed by atoms with E-state index in [0.717, 1.165) is 30.4 Å². The Hall–Kier alpha value is -3.26. The first kappa shape index (κ1) is 25.0. The molecule has 4 aliphatic carbocycles. The normalized spacial score (nSPS) is 35.8. The third-order valence-corrected chi connectivity index (χ3v) is 10.3. The monoisotopic (exact) mass is 505 g/mol. The zero-order chi connectivity index (χ0) is 26.5. The highest BCUT2D eigenvalue weighted by Gasteiger charge is 2.63. The smallest absolute Gasteiger partial charge is 0.155 e. The minimum absolute atomic E-state index is 0.0699. The Labute approximate surface area is 225 Å². The maximum Gasteiger partial charge on any atom is 0.155 e. The second-order valence-electron chi connectivity index (χ2n) is 12.0. The van der Waals surface area contributed by atoms with E-state index in [1.807, 2.05) is 36.4 Å². The summed E-state index contributed by atoms with van der Waals surface area (Å²) in [7, 11) is 0. The molecule has 2 N–H and O–H groups in total. The number of hydrogen-bond donors (Lipinski definition) is 2. The fraction of sp³-hybridized carbons (Fsp3) is 0.412. The number of hydrogen-bond acceptors (Lipinski definition) is 4. The van der Waals surface area contributed by atoms with E-state index in [2.05, 4.69) is 49.4 Å². The summed E-state index contributed by atoms with van der Waals surface area (Å²) in [6.45, 7) is 2.18. The van der Waals surface area contributed by atoms with Crippen molar-refractivity contribution in [3.63, 3.8) is 0 Å². The number of carbonyl (C=O) groups excluding carboxylic acids is 1. The zero-order valence-electron chi connectivity index (χ0n) is 21.9. The fourth-order valence-electron chi connectivity index (χ4n) is 8.35. The minimum atomic E-state index is -0.946. The number of benzene rings is 2. The van der Waals surface area contributed by atoms with E-state index < -0.39 is 5.60 Å². The third-order valence-electron chi connectivity index (χ3n) is 10.3. The number of aliphatic hydroxyl groups is 2. The number of nitriles is 1. The molecule has 2 aromatic rings. The Morgan fingerprint density at radius 3 is 2.45 bits per heavy atom. The lowest BCUT2D eigenvalue weighted by molar-refractivity contribution is -0.116. The van der Waals surface area contributed by atoms with Gasteiger partial charge in [-0.15, -0.1) is 0 Å². The number of carbonyl (C=O) groups is 1. The van der Waals surface area contributed by atoms with Crippen LogP contribution >= 0.6 is 0 Å². The van der Waals surface area contributed by atoms with Gasteiger partial charge >= 0.3 is 0 Å². The number of nitrogens with zero attached hydrogens (tertiary/aromatic N) is 1. The van der Waals surface area contributed by atoms with Crippen LogP contribution in [0.3, 0.4) is 0 Å². The van der Waals surface area contributed by atoms with Gasteiger partial charge in [0.1, 0.15) is 0 Å². The first-order valence-corrected chi connectivity index (χ1v) is 13.9. The molecule has 0 radical (unpaired) electrons. The van der Waals surface area contributed by atoms with Crippen molar-refractivity contribution in [1.82, 2.24) is 0 Å². The van der Waals surface area contributed by atoms with Crippen LogP contribution in [0.4, 0.5) is 0 Å². The highest BCUT2D eigenvalue weighted by molar-refractivity contribution is 5.92. The average molecular weight is 506 g/mol. The Morgan fingerprint density at radius 1 is 1.05 bits per heavy atom. The summed E-state index contributed by atoms with van der Waals surface area (Å²) in [5, 5.41) is 30.5. The van der Waals surface area contributed by atoms with E-state index in [9.17, 15) is 15.0 Å². The van der Waals surface area contributed by atoms with E-state index in [1.54, 1.807) is 6.08 Å². The van der Waals surface area contributed by atoms with Gasteiger partial charge in [-0.25, -0.2) is 0 Å². The average Bonchev–Trinajstić information content (AvgIpc) is 3.21. The van der Waals surface area contributed by atoms with Gasteiger partial charge in [0.2, 0.25) is 0 Å². The molecular formula is C34H35NO3. The van der Waals surface area contributed by atoms with Crippen molar-refractivity contribution in [2.75, 3.05) is 6.61 Å².